The minimum absolute atomic E-state index is 0.0199. The SMILES string of the molecule is COc1ccc(C(=O)O)c(NC(=O)c2scc(C)c2Cl)c1. The first kappa shape index (κ1) is 15.3. The maximum absolute atomic E-state index is 12.2. The molecule has 5 nitrogen and oxygen atoms in total. The lowest BCUT2D eigenvalue weighted by Crippen LogP contribution is -2.14. The molecule has 0 radical (unpaired) electrons. The zero-order chi connectivity index (χ0) is 15.6. The number of aryl methyl sites for hydroxylation is 1. The van der Waals surface area contributed by atoms with E-state index in [0.29, 0.717) is 15.6 Å². The van der Waals surface area contributed by atoms with Crippen LogP contribution in [-0.4, -0.2) is 24.1 Å². The zero-order valence-corrected chi connectivity index (χ0v) is 12.8. The molecule has 110 valence electrons. The predicted molar refractivity (Wildman–Crippen MR) is 82.0 cm³/mol. The predicted octanol–water partition coefficient (Wildman–Crippen LogP) is 3.67. The van der Waals surface area contributed by atoms with Gasteiger partial charge in [0.15, 0.2) is 0 Å². The fraction of sp³-hybridized carbons (Fsp3) is 0.143. The fourth-order valence-corrected chi connectivity index (χ4v) is 2.88. The maximum Gasteiger partial charge on any atom is 0.337 e. The first-order chi connectivity index (χ1) is 9.93. The van der Waals surface area contributed by atoms with Gasteiger partial charge in [-0.05, 0) is 30.0 Å². The number of carboxylic acids is 1. The van der Waals surface area contributed by atoms with Crippen molar-refractivity contribution in [2.75, 3.05) is 12.4 Å². The summed E-state index contributed by atoms with van der Waals surface area (Å²) in [6.45, 7) is 1.80. The van der Waals surface area contributed by atoms with Gasteiger partial charge in [-0.3, -0.25) is 4.79 Å². The number of ether oxygens (including phenoxy) is 1. The van der Waals surface area contributed by atoms with Crippen LogP contribution >= 0.6 is 22.9 Å². The number of amides is 1. The van der Waals surface area contributed by atoms with Gasteiger partial charge in [-0.15, -0.1) is 11.3 Å². The molecule has 0 aliphatic carbocycles. The van der Waals surface area contributed by atoms with Crippen LogP contribution in [0.15, 0.2) is 23.6 Å². The highest BCUT2D eigenvalue weighted by molar-refractivity contribution is 7.13. The Morgan fingerprint density at radius 2 is 2.10 bits per heavy atom. The molecule has 2 aromatic rings. The summed E-state index contributed by atoms with van der Waals surface area (Å²) in [6, 6.07) is 4.34. The van der Waals surface area contributed by atoms with Crippen LogP contribution in [0.2, 0.25) is 5.02 Å². The molecule has 0 atom stereocenters. The number of carbonyl (C=O) groups excluding carboxylic acids is 1. The van der Waals surface area contributed by atoms with Crippen molar-refractivity contribution < 1.29 is 19.4 Å². The number of thiophene rings is 1. The van der Waals surface area contributed by atoms with Crippen LogP contribution in [-0.2, 0) is 0 Å². The van der Waals surface area contributed by atoms with Crippen molar-refractivity contribution in [1.29, 1.82) is 0 Å². The second kappa shape index (κ2) is 6.15. The lowest BCUT2D eigenvalue weighted by Gasteiger charge is -2.10. The van der Waals surface area contributed by atoms with Crippen molar-refractivity contribution in [1.82, 2.24) is 0 Å². The van der Waals surface area contributed by atoms with Crippen molar-refractivity contribution in [2.45, 2.75) is 6.92 Å². The summed E-state index contributed by atoms with van der Waals surface area (Å²) >= 11 is 7.24. The van der Waals surface area contributed by atoms with Crippen LogP contribution in [0.3, 0.4) is 0 Å². The van der Waals surface area contributed by atoms with Crippen LogP contribution < -0.4 is 10.1 Å². The quantitative estimate of drug-likeness (QED) is 0.899. The van der Waals surface area contributed by atoms with Gasteiger partial charge in [-0.1, -0.05) is 11.6 Å². The van der Waals surface area contributed by atoms with Gasteiger partial charge in [0.2, 0.25) is 0 Å². The van der Waals surface area contributed by atoms with E-state index >= 15 is 0 Å². The van der Waals surface area contributed by atoms with Crippen molar-refractivity contribution in [3.63, 3.8) is 0 Å². The largest absolute Gasteiger partial charge is 0.497 e. The van der Waals surface area contributed by atoms with E-state index < -0.39 is 11.9 Å². The Balaban J connectivity index is 2.36. The van der Waals surface area contributed by atoms with Crippen molar-refractivity contribution >= 4 is 40.5 Å². The number of halogens is 1. The monoisotopic (exact) mass is 325 g/mol. The standard InChI is InChI=1S/C14H12ClNO4S/c1-7-6-21-12(11(7)15)13(17)16-10-5-8(20-2)3-4-9(10)14(18)19/h3-6H,1-2H3,(H,16,17)(H,18,19). The number of carbonyl (C=O) groups is 2. The van der Waals surface area contributed by atoms with Gasteiger partial charge in [0.05, 0.1) is 23.4 Å². The van der Waals surface area contributed by atoms with Crippen molar-refractivity contribution in [2.24, 2.45) is 0 Å². The van der Waals surface area contributed by atoms with Gasteiger partial charge in [0.25, 0.3) is 5.91 Å². The molecule has 1 aromatic carbocycles. The Morgan fingerprint density at radius 3 is 2.62 bits per heavy atom. The highest BCUT2D eigenvalue weighted by Crippen LogP contribution is 2.29. The van der Waals surface area contributed by atoms with Crippen molar-refractivity contribution in [3.8, 4) is 5.75 Å². The van der Waals surface area contributed by atoms with E-state index in [0.717, 1.165) is 5.56 Å². The van der Waals surface area contributed by atoms with Crippen LogP contribution in [0.4, 0.5) is 5.69 Å². The van der Waals surface area contributed by atoms with E-state index in [1.165, 1.54) is 36.6 Å². The number of rotatable bonds is 4. The molecule has 0 bridgehead atoms. The number of hydrogen-bond donors (Lipinski definition) is 2. The summed E-state index contributed by atoms with van der Waals surface area (Å²) in [6.07, 6.45) is 0. The third kappa shape index (κ3) is 3.17. The minimum Gasteiger partial charge on any atom is -0.497 e. The second-order valence-corrected chi connectivity index (χ2v) is 5.49. The third-order valence-corrected chi connectivity index (χ3v) is 4.51. The second-order valence-electron chi connectivity index (χ2n) is 4.23. The molecule has 0 aliphatic heterocycles. The molecule has 0 saturated carbocycles. The molecule has 2 N–H and O–H groups in total. The summed E-state index contributed by atoms with van der Waals surface area (Å²) in [7, 11) is 1.46. The lowest BCUT2D eigenvalue weighted by atomic mass is 10.1. The fourth-order valence-electron chi connectivity index (χ4n) is 1.70. The normalized spacial score (nSPS) is 10.2. The van der Waals surface area contributed by atoms with Gasteiger partial charge in [0.1, 0.15) is 10.6 Å². The van der Waals surface area contributed by atoms with Crippen molar-refractivity contribution in [3.05, 3.63) is 44.6 Å². The lowest BCUT2D eigenvalue weighted by molar-refractivity contribution is 0.0698. The molecule has 1 aromatic heterocycles. The summed E-state index contributed by atoms with van der Waals surface area (Å²) in [5.74, 6) is -1.14. The van der Waals surface area contributed by atoms with Gasteiger partial charge in [0, 0.05) is 6.07 Å². The Labute approximate surface area is 130 Å². The van der Waals surface area contributed by atoms with Gasteiger partial charge < -0.3 is 15.2 Å². The Bertz CT molecular complexity index is 711. The third-order valence-electron chi connectivity index (χ3n) is 2.81. The zero-order valence-electron chi connectivity index (χ0n) is 11.3. The number of hydrogen-bond acceptors (Lipinski definition) is 4. The number of nitrogens with one attached hydrogen (secondary N) is 1. The van der Waals surface area contributed by atoms with E-state index in [1.54, 1.807) is 12.3 Å². The Morgan fingerprint density at radius 1 is 1.38 bits per heavy atom. The van der Waals surface area contributed by atoms with E-state index in [1.807, 2.05) is 0 Å². The number of methoxy groups -OCH3 is 1. The first-order valence-electron chi connectivity index (χ1n) is 5.90. The van der Waals surface area contributed by atoms with Gasteiger partial charge >= 0.3 is 5.97 Å². The highest BCUT2D eigenvalue weighted by atomic mass is 35.5. The van der Waals surface area contributed by atoms with Crippen LogP contribution in [0, 0.1) is 6.92 Å². The highest BCUT2D eigenvalue weighted by Gasteiger charge is 2.18. The van der Waals surface area contributed by atoms with E-state index in [-0.39, 0.29) is 11.3 Å². The first-order valence-corrected chi connectivity index (χ1v) is 7.16. The average Bonchev–Trinajstić information content (AvgIpc) is 2.78. The molecule has 0 saturated heterocycles. The average molecular weight is 326 g/mol. The van der Waals surface area contributed by atoms with Gasteiger partial charge in [-0.2, -0.15) is 0 Å². The smallest absolute Gasteiger partial charge is 0.337 e. The molecule has 0 fully saturated rings. The van der Waals surface area contributed by atoms with E-state index in [2.05, 4.69) is 5.32 Å². The number of anilines is 1. The van der Waals surface area contributed by atoms with Gasteiger partial charge in [-0.25, -0.2) is 4.79 Å². The molecule has 2 rings (SSSR count). The number of aromatic carboxylic acids is 1. The summed E-state index contributed by atoms with van der Waals surface area (Å²) in [4.78, 5) is 23.7. The number of benzene rings is 1. The summed E-state index contributed by atoms with van der Waals surface area (Å²) < 4.78 is 5.04. The summed E-state index contributed by atoms with van der Waals surface area (Å²) in [5, 5.41) is 13.9. The van der Waals surface area contributed by atoms with Crippen LogP contribution in [0.1, 0.15) is 25.6 Å². The molecule has 1 amide bonds. The molecule has 0 spiro atoms. The minimum atomic E-state index is -1.14. The Hall–Kier alpha value is -2.05. The molecular formula is C14H12ClNO4S. The van der Waals surface area contributed by atoms with E-state index in [4.69, 9.17) is 21.4 Å². The van der Waals surface area contributed by atoms with Crippen LogP contribution in [0.5, 0.6) is 5.75 Å². The van der Waals surface area contributed by atoms with Crippen LogP contribution in [0.25, 0.3) is 0 Å². The molecule has 0 aliphatic rings. The maximum atomic E-state index is 12.2. The Kier molecular flexibility index (Phi) is 4.50. The molecule has 21 heavy (non-hydrogen) atoms. The topological polar surface area (TPSA) is 75.6 Å². The molecule has 1 heterocycles. The summed E-state index contributed by atoms with van der Waals surface area (Å²) in [5.41, 5.74) is 0.943. The molecular weight excluding hydrogens is 314 g/mol. The number of carboxylic acid groups (broad SMARTS) is 1. The van der Waals surface area contributed by atoms with E-state index in [9.17, 15) is 9.59 Å². The molecule has 0 unspecified atom stereocenters. The molecule has 7 heteroatoms.